The molecule has 332 valence electrons. The van der Waals surface area contributed by atoms with Crippen LogP contribution in [0.1, 0.15) is 49.9 Å². The Balaban J connectivity index is 1.15. The van der Waals surface area contributed by atoms with Gasteiger partial charge in [0, 0.05) is 101 Å². The summed E-state index contributed by atoms with van der Waals surface area (Å²) in [6, 6.07) is 14.5. The van der Waals surface area contributed by atoms with Crippen LogP contribution >= 0.6 is 11.6 Å². The number of rotatable bonds is 10. The first kappa shape index (κ1) is 45.5. The van der Waals surface area contributed by atoms with E-state index >= 15 is 0 Å². The van der Waals surface area contributed by atoms with Crippen molar-refractivity contribution < 1.29 is 31.7 Å². The molecule has 2 amide bonds. The number of allylic oxidation sites excluding steroid dienone is 2. The Kier molecular flexibility index (Phi) is 14.2. The molecule has 0 radical (unpaired) electrons. The number of alkyl halides is 1. The Morgan fingerprint density at radius 1 is 1.08 bits per heavy atom. The summed E-state index contributed by atoms with van der Waals surface area (Å²) >= 11 is 6.76. The zero-order chi connectivity index (χ0) is 43.5. The van der Waals surface area contributed by atoms with E-state index < -0.39 is 43.0 Å². The molecule has 1 aliphatic carbocycles. The van der Waals surface area contributed by atoms with Crippen molar-refractivity contribution in [1.82, 2.24) is 19.4 Å². The highest BCUT2D eigenvalue weighted by Gasteiger charge is 2.50. The molecule has 4 aliphatic heterocycles. The first-order valence-corrected chi connectivity index (χ1v) is 25.0. The van der Waals surface area contributed by atoms with Gasteiger partial charge in [-0.05, 0) is 79.8 Å². The number of sulfonamides is 1. The van der Waals surface area contributed by atoms with Crippen molar-refractivity contribution in [2.75, 3.05) is 89.2 Å². The minimum Gasteiger partial charge on any atom is -0.490 e. The van der Waals surface area contributed by atoms with Crippen LogP contribution in [0.2, 0.25) is 0 Å². The maximum absolute atomic E-state index is 13.7. The summed E-state index contributed by atoms with van der Waals surface area (Å²) in [4.78, 5) is 37.0. The van der Waals surface area contributed by atoms with Crippen molar-refractivity contribution in [3.05, 3.63) is 91.1 Å². The lowest BCUT2D eigenvalue weighted by Crippen LogP contribution is -2.65. The second kappa shape index (κ2) is 19.1. The fraction of sp³-hybridized carbons (Fsp3) is 0.565. The van der Waals surface area contributed by atoms with E-state index in [2.05, 4.69) is 44.7 Å². The van der Waals surface area contributed by atoms with Gasteiger partial charge in [-0.1, -0.05) is 56.5 Å². The van der Waals surface area contributed by atoms with Crippen molar-refractivity contribution in [3.8, 4) is 5.75 Å². The lowest BCUT2D eigenvalue weighted by molar-refractivity contribution is -0.136. The largest absolute Gasteiger partial charge is 0.490 e. The van der Waals surface area contributed by atoms with Gasteiger partial charge in [-0.2, -0.15) is 0 Å². The number of benzene rings is 2. The topological polar surface area (TPSA) is 129 Å². The fourth-order valence-corrected chi connectivity index (χ4v) is 12.5. The van der Waals surface area contributed by atoms with Crippen LogP contribution in [-0.4, -0.2) is 140 Å². The number of methoxy groups -OCH3 is 1. The standard InChI is InChI=1S/C46H62ClN5O7S2/c1-6-34(3)45(29-47)30-52-26-37-14-16-40(37)46(58-5,19-10-11-33(2)35(4)61(56,57)48-44(54)36-15-17-42(59-32-45)41(52)25-36)31-49-20-21-50-22-23-51(28-38(50)27-49)43(53)18-24-60(55)39-12-8-7-9-13-39/h6-10,12-13,15,17,19,25,33,35,37-38,40H,1,3,11,14,16,18,20-24,26-32H2,2,4-5H3,(H,48,54)/b19-10+/t33-,35+,37-,38+,40+,45-,46+,60?/m0/s1. The first-order valence-electron chi connectivity index (χ1n) is 21.6. The number of fused-ring (bicyclic) bond motifs is 3. The van der Waals surface area contributed by atoms with Crippen molar-refractivity contribution in [2.24, 2.45) is 23.2 Å². The summed E-state index contributed by atoms with van der Waals surface area (Å²) in [7, 11) is -3.47. The summed E-state index contributed by atoms with van der Waals surface area (Å²) in [5, 5.41) is -0.847. The molecule has 1 saturated carbocycles. The normalized spacial score (nSPS) is 31.8. The fourth-order valence-electron chi connectivity index (χ4n) is 9.80. The second-order valence-electron chi connectivity index (χ2n) is 17.8. The van der Waals surface area contributed by atoms with E-state index in [0.717, 1.165) is 49.5 Å². The molecular formula is C46H62ClN5O7S2. The number of ether oxygens (including phenoxy) is 2. The molecule has 15 heteroatoms. The van der Waals surface area contributed by atoms with Gasteiger partial charge in [-0.25, -0.2) is 13.1 Å². The third kappa shape index (κ3) is 9.69. The van der Waals surface area contributed by atoms with Crippen LogP contribution in [0.25, 0.3) is 0 Å². The van der Waals surface area contributed by atoms with E-state index in [1.165, 1.54) is 0 Å². The lowest BCUT2D eigenvalue weighted by atomic mass is 9.63. The van der Waals surface area contributed by atoms with Crippen LogP contribution in [0.3, 0.4) is 0 Å². The predicted octanol–water partition coefficient (Wildman–Crippen LogP) is 5.33. The number of halogens is 1. The molecule has 4 heterocycles. The summed E-state index contributed by atoms with van der Waals surface area (Å²) in [5.74, 6) is 0.520. The lowest BCUT2D eigenvalue weighted by Gasteiger charge is -2.53. The molecule has 3 fully saturated rings. The maximum Gasteiger partial charge on any atom is 0.264 e. The number of nitrogens with one attached hydrogen (secondary N) is 1. The highest BCUT2D eigenvalue weighted by molar-refractivity contribution is 7.90. The summed E-state index contributed by atoms with van der Waals surface area (Å²) in [5.41, 5.74) is 0.338. The van der Waals surface area contributed by atoms with E-state index in [0.29, 0.717) is 56.3 Å². The smallest absolute Gasteiger partial charge is 0.264 e. The minimum atomic E-state index is -4.03. The van der Waals surface area contributed by atoms with Crippen LogP contribution in [0.15, 0.2) is 90.4 Å². The van der Waals surface area contributed by atoms with E-state index in [1.807, 2.05) is 42.2 Å². The average Bonchev–Trinajstić information content (AvgIpc) is 3.42. The number of carbonyl (C=O) groups excluding carboxylic acids is 2. The van der Waals surface area contributed by atoms with Gasteiger partial charge in [0.1, 0.15) is 18.0 Å². The molecule has 8 atom stereocenters. The third-order valence-corrected chi connectivity index (χ3v) is 18.0. The van der Waals surface area contributed by atoms with Gasteiger partial charge in [0.15, 0.2) is 0 Å². The number of carbonyl (C=O) groups is 2. The Bertz CT molecular complexity index is 2120. The van der Waals surface area contributed by atoms with Crippen molar-refractivity contribution in [1.29, 1.82) is 0 Å². The summed E-state index contributed by atoms with van der Waals surface area (Å²) < 4.78 is 55.7. The minimum absolute atomic E-state index is 0.0413. The SMILES string of the molecule is C=CC(=C)[C@]1(CCl)COc2ccc3cc2N(C[C@@H]2CC[C@H]2[C@@](CN2CCN4CCN(C(=O)CCS(=O)c5ccccc5)C[C@H]4C2)(OC)/C=C/C[C@H](C)[C@@H](C)S(=O)(=O)NC3=O)C1. The van der Waals surface area contributed by atoms with E-state index in [4.69, 9.17) is 21.1 Å². The molecule has 0 aromatic heterocycles. The van der Waals surface area contributed by atoms with Gasteiger partial charge in [-0.3, -0.25) is 23.6 Å². The van der Waals surface area contributed by atoms with E-state index in [9.17, 15) is 22.2 Å². The third-order valence-electron chi connectivity index (χ3n) is 14.2. The van der Waals surface area contributed by atoms with Gasteiger partial charge in [-0.15, -0.1) is 11.6 Å². The number of amides is 2. The zero-order valence-electron chi connectivity index (χ0n) is 35.8. The summed E-state index contributed by atoms with van der Waals surface area (Å²) in [6.45, 7) is 18.4. The molecule has 1 unspecified atom stereocenters. The molecule has 2 aromatic rings. The predicted molar refractivity (Wildman–Crippen MR) is 242 cm³/mol. The molecule has 2 saturated heterocycles. The van der Waals surface area contributed by atoms with E-state index in [-0.39, 0.29) is 54.2 Å². The second-order valence-corrected chi connectivity index (χ2v) is 21.6. The molecular weight excluding hydrogens is 834 g/mol. The molecule has 61 heavy (non-hydrogen) atoms. The van der Waals surface area contributed by atoms with Crippen LogP contribution < -0.4 is 14.4 Å². The number of hydrogen-bond acceptors (Lipinski definition) is 10. The molecule has 7 rings (SSSR count). The molecule has 2 aromatic carbocycles. The number of piperazine rings is 2. The zero-order valence-corrected chi connectivity index (χ0v) is 38.2. The monoisotopic (exact) mass is 895 g/mol. The van der Waals surface area contributed by atoms with E-state index in [1.54, 1.807) is 38.3 Å². The Morgan fingerprint density at radius 2 is 1.85 bits per heavy atom. The molecule has 12 nitrogen and oxygen atoms in total. The van der Waals surface area contributed by atoms with Gasteiger partial charge < -0.3 is 19.3 Å². The first-order chi connectivity index (χ1) is 29.2. The number of nitrogens with zero attached hydrogens (tertiary/aromatic N) is 4. The van der Waals surface area contributed by atoms with Crippen molar-refractivity contribution in [3.63, 3.8) is 0 Å². The molecule has 1 N–H and O–H groups in total. The number of hydrogen-bond donors (Lipinski definition) is 1. The molecule has 2 bridgehead atoms. The van der Waals surface area contributed by atoms with Crippen LogP contribution in [0.4, 0.5) is 5.69 Å². The molecule has 5 aliphatic rings. The number of anilines is 1. The Morgan fingerprint density at radius 3 is 2.56 bits per heavy atom. The van der Waals surface area contributed by atoms with Crippen LogP contribution in [0, 0.1) is 23.2 Å². The summed E-state index contributed by atoms with van der Waals surface area (Å²) in [6.07, 6.45) is 8.62. The average molecular weight is 897 g/mol. The Hall–Kier alpha value is -3.53. The quantitative estimate of drug-likeness (QED) is 0.190. The van der Waals surface area contributed by atoms with Gasteiger partial charge in [0.05, 0.1) is 27.2 Å². The van der Waals surface area contributed by atoms with Crippen molar-refractivity contribution >= 4 is 49.9 Å². The highest BCUT2D eigenvalue weighted by Crippen LogP contribution is 2.48. The Labute approximate surface area is 369 Å². The molecule has 0 spiro atoms. The highest BCUT2D eigenvalue weighted by atomic mass is 35.5. The van der Waals surface area contributed by atoms with Crippen LogP contribution in [-0.2, 0) is 30.4 Å². The van der Waals surface area contributed by atoms with Gasteiger partial charge >= 0.3 is 0 Å². The van der Waals surface area contributed by atoms with Gasteiger partial charge in [0.25, 0.3) is 5.91 Å². The maximum atomic E-state index is 13.7. The van der Waals surface area contributed by atoms with Crippen LogP contribution in [0.5, 0.6) is 5.75 Å². The van der Waals surface area contributed by atoms with Crippen molar-refractivity contribution in [2.45, 2.75) is 61.3 Å². The van der Waals surface area contributed by atoms with Gasteiger partial charge in [0.2, 0.25) is 15.9 Å².